The maximum atomic E-state index is 10.5. The smallest absolute Gasteiger partial charge is 0.307 e. The van der Waals surface area contributed by atoms with Gasteiger partial charge in [0.2, 0.25) is 0 Å². The molecule has 0 spiro atoms. The van der Waals surface area contributed by atoms with Crippen LogP contribution in [0.4, 0.5) is 0 Å². The van der Waals surface area contributed by atoms with E-state index in [1.54, 1.807) is 23.1 Å². The van der Waals surface area contributed by atoms with E-state index in [0.29, 0.717) is 0 Å². The highest BCUT2D eigenvalue weighted by Gasteiger charge is 2.01. The molecule has 1 heterocycles. The average molecular weight is 264 g/mol. The van der Waals surface area contributed by atoms with Gasteiger partial charge in [0.05, 0.1) is 10.6 Å². The quantitative estimate of drug-likeness (QED) is 0.837. The van der Waals surface area contributed by atoms with Gasteiger partial charge in [-0.1, -0.05) is 30.3 Å². The van der Waals surface area contributed by atoms with Gasteiger partial charge in [0, 0.05) is 5.75 Å². The van der Waals surface area contributed by atoms with Crippen LogP contribution in [0, 0.1) is 0 Å². The van der Waals surface area contributed by atoms with Crippen LogP contribution in [0.3, 0.4) is 0 Å². The van der Waals surface area contributed by atoms with E-state index in [-0.39, 0.29) is 6.42 Å². The molecule has 0 radical (unpaired) electrons. The number of carboxylic acids is 1. The largest absolute Gasteiger partial charge is 0.481 e. The molecule has 2 rings (SSSR count). The van der Waals surface area contributed by atoms with Gasteiger partial charge in [-0.15, -0.1) is 23.1 Å². The molecule has 1 aromatic heterocycles. The van der Waals surface area contributed by atoms with Crippen LogP contribution in [0.25, 0.3) is 0 Å². The second kappa shape index (κ2) is 5.89. The summed E-state index contributed by atoms with van der Waals surface area (Å²) < 4.78 is 1.31. The van der Waals surface area contributed by atoms with Gasteiger partial charge in [0.15, 0.2) is 0 Å². The van der Waals surface area contributed by atoms with E-state index in [2.05, 4.69) is 11.4 Å². The molecule has 1 aromatic carbocycles. The molecule has 0 fully saturated rings. The maximum Gasteiger partial charge on any atom is 0.307 e. The zero-order valence-electron chi connectivity index (χ0n) is 9.13. The number of hydrogen-bond donors (Lipinski definition) is 1. The Morgan fingerprint density at radius 3 is 2.47 bits per heavy atom. The molecule has 0 saturated heterocycles. The lowest BCUT2D eigenvalue weighted by atomic mass is 10.1. The first kappa shape index (κ1) is 12.2. The van der Waals surface area contributed by atoms with Crippen LogP contribution in [-0.4, -0.2) is 11.1 Å². The van der Waals surface area contributed by atoms with Crippen molar-refractivity contribution in [1.82, 2.24) is 0 Å². The van der Waals surface area contributed by atoms with E-state index >= 15 is 0 Å². The highest BCUT2D eigenvalue weighted by Crippen LogP contribution is 2.26. The van der Waals surface area contributed by atoms with Crippen molar-refractivity contribution >= 4 is 29.1 Å². The highest BCUT2D eigenvalue weighted by molar-refractivity contribution is 8.00. The number of carboxylic acid groups (broad SMARTS) is 1. The minimum atomic E-state index is -0.786. The van der Waals surface area contributed by atoms with Gasteiger partial charge in [0.25, 0.3) is 0 Å². The Hall–Kier alpha value is -1.26. The summed E-state index contributed by atoms with van der Waals surface area (Å²) in [6, 6.07) is 11.9. The third kappa shape index (κ3) is 3.91. The Morgan fingerprint density at radius 1 is 1.18 bits per heavy atom. The molecule has 4 heteroatoms. The van der Waals surface area contributed by atoms with E-state index in [4.69, 9.17) is 5.11 Å². The van der Waals surface area contributed by atoms with E-state index in [9.17, 15) is 4.79 Å². The van der Waals surface area contributed by atoms with Gasteiger partial charge in [-0.05, 0) is 22.6 Å². The fourth-order valence-corrected chi connectivity index (χ4v) is 3.17. The summed E-state index contributed by atoms with van der Waals surface area (Å²) in [6.07, 6.45) is 0.0956. The zero-order valence-corrected chi connectivity index (χ0v) is 10.8. The second-order valence-electron chi connectivity index (χ2n) is 3.61. The van der Waals surface area contributed by atoms with Gasteiger partial charge >= 0.3 is 5.97 Å². The van der Waals surface area contributed by atoms with Gasteiger partial charge in [0.1, 0.15) is 0 Å². The van der Waals surface area contributed by atoms with Gasteiger partial charge in [-0.25, -0.2) is 0 Å². The maximum absolute atomic E-state index is 10.5. The minimum absolute atomic E-state index is 0.0956. The summed E-state index contributed by atoms with van der Waals surface area (Å²) in [5, 5.41) is 10.7. The van der Waals surface area contributed by atoms with Crippen molar-refractivity contribution in [2.45, 2.75) is 16.4 Å². The molecule has 0 bridgehead atoms. The molecule has 1 N–H and O–H groups in total. The summed E-state index contributed by atoms with van der Waals surface area (Å²) >= 11 is 3.54. The van der Waals surface area contributed by atoms with Gasteiger partial charge in [-0.3, -0.25) is 4.79 Å². The standard InChI is InChI=1S/C13H12O2S2/c14-12(15)8-10-3-5-11(6-4-10)9-17-13-2-1-7-16-13/h1-7H,8-9H2,(H,14,15). The van der Waals surface area contributed by atoms with Crippen molar-refractivity contribution in [3.05, 3.63) is 52.9 Å². The van der Waals surface area contributed by atoms with Crippen molar-refractivity contribution in [2.75, 3.05) is 0 Å². The van der Waals surface area contributed by atoms with E-state index in [1.807, 2.05) is 30.3 Å². The number of rotatable bonds is 5. The lowest BCUT2D eigenvalue weighted by Crippen LogP contribution is -1.99. The predicted octanol–water partition coefficient (Wildman–Crippen LogP) is 3.67. The SMILES string of the molecule is O=C(O)Cc1ccc(CSc2cccs2)cc1. The molecule has 0 saturated carbocycles. The summed E-state index contributed by atoms with van der Waals surface area (Å²) in [6.45, 7) is 0. The fraction of sp³-hybridized carbons (Fsp3) is 0.154. The van der Waals surface area contributed by atoms with Gasteiger partial charge in [-0.2, -0.15) is 0 Å². The average Bonchev–Trinajstić information content (AvgIpc) is 2.80. The Balaban J connectivity index is 1.91. The monoisotopic (exact) mass is 264 g/mol. The van der Waals surface area contributed by atoms with Crippen LogP contribution in [-0.2, 0) is 17.0 Å². The second-order valence-corrected chi connectivity index (χ2v) is 5.83. The molecule has 0 aliphatic carbocycles. The molecule has 0 aliphatic rings. The number of benzene rings is 1. The van der Waals surface area contributed by atoms with Crippen LogP contribution in [0.1, 0.15) is 11.1 Å². The summed E-state index contributed by atoms with van der Waals surface area (Å²) in [4.78, 5) is 10.5. The number of thiophene rings is 1. The Kier molecular flexibility index (Phi) is 4.23. The first-order chi connectivity index (χ1) is 8.24. The molecule has 0 unspecified atom stereocenters. The molecular weight excluding hydrogens is 252 g/mol. The van der Waals surface area contributed by atoms with Crippen molar-refractivity contribution in [1.29, 1.82) is 0 Å². The lowest BCUT2D eigenvalue weighted by Gasteiger charge is -2.01. The molecule has 0 aliphatic heterocycles. The minimum Gasteiger partial charge on any atom is -0.481 e. The molecule has 2 nitrogen and oxygen atoms in total. The Morgan fingerprint density at radius 2 is 1.88 bits per heavy atom. The summed E-state index contributed by atoms with van der Waals surface area (Å²) in [5.74, 6) is 0.138. The molecule has 2 aromatic rings. The lowest BCUT2D eigenvalue weighted by molar-refractivity contribution is -0.136. The highest BCUT2D eigenvalue weighted by atomic mass is 32.2. The molecule has 17 heavy (non-hydrogen) atoms. The topological polar surface area (TPSA) is 37.3 Å². The van der Waals surface area contributed by atoms with E-state index in [1.165, 1.54) is 9.77 Å². The number of aliphatic carboxylic acids is 1. The first-order valence-corrected chi connectivity index (χ1v) is 7.06. The molecule has 0 atom stereocenters. The predicted molar refractivity (Wildman–Crippen MR) is 71.7 cm³/mol. The van der Waals surface area contributed by atoms with Crippen LogP contribution in [0.15, 0.2) is 46.0 Å². The van der Waals surface area contributed by atoms with Crippen LogP contribution >= 0.6 is 23.1 Å². The number of hydrogen-bond acceptors (Lipinski definition) is 3. The summed E-state index contributed by atoms with van der Waals surface area (Å²) in [5.41, 5.74) is 2.07. The van der Waals surface area contributed by atoms with Crippen LogP contribution < -0.4 is 0 Å². The molecular formula is C13H12O2S2. The summed E-state index contributed by atoms with van der Waals surface area (Å²) in [7, 11) is 0. The van der Waals surface area contributed by atoms with E-state index in [0.717, 1.165) is 11.3 Å². The number of carbonyl (C=O) groups is 1. The van der Waals surface area contributed by atoms with Crippen molar-refractivity contribution in [2.24, 2.45) is 0 Å². The third-order valence-corrected chi connectivity index (χ3v) is 4.46. The number of thioether (sulfide) groups is 1. The normalized spacial score (nSPS) is 10.4. The zero-order chi connectivity index (χ0) is 12.1. The van der Waals surface area contributed by atoms with Crippen LogP contribution in [0.2, 0.25) is 0 Å². The van der Waals surface area contributed by atoms with Crippen LogP contribution in [0.5, 0.6) is 0 Å². The van der Waals surface area contributed by atoms with Crippen molar-refractivity contribution < 1.29 is 9.90 Å². The van der Waals surface area contributed by atoms with E-state index < -0.39 is 5.97 Å². The fourth-order valence-electron chi connectivity index (χ4n) is 1.43. The Bertz CT molecular complexity index is 475. The van der Waals surface area contributed by atoms with Gasteiger partial charge < -0.3 is 5.11 Å². The third-order valence-electron chi connectivity index (χ3n) is 2.25. The Labute approximate surface area is 108 Å². The first-order valence-electron chi connectivity index (χ1n) is 5.20. The van der Waals surface area contributed by atoms with Crippen molar-refractivity contribution in [3.63, 3.8) is 0 Å². The van der Waals surface area contributed by atoms with Crippen molar-refractivity contribution in [3.8, 4) is 0 Å². The molecule has 0 amide bonds. The molecule has 88 valence electrons.